The molecule has 0 saturated carbocycles. The maximum absolute atomic E-state index is 11.6. The molecule has 1 fully saturated rings. The molecule has 0 aromatic rings. The van der Waals surface area contributed by atoms with Gasteiger partial charge in [-0.1, -0.05) is 13.8 Å². The van der Waals surface area contributed by atoms with Gasteiger partial charge in [0.2, 0.25) is 10.0 Å². The van der Waals surface area contributed by atoms with E-state index in [1.807, 2.05) is 0 Å². The van der Waals surface area contributed by atoms with Crippen molar-refractivity contribution < 1.29 is 13.5 Å². The minimum absolute atomic E-state index is 0.0913. The first kappa shape index (κ1) is 16.9. The molecular formula is C13H28N2O3S. The summed E-state index contributed by atoms with van der Waals surface area (Å²) >= 11 is 0. The average Bonchev–Trinajstić information content (AvgIpc) is 2.28. The zero-order chi connectivity index (χ0) is 14.6. The molecule has 114 valence electrons. The molecule has 1 saturated heterocycles. The molecular weight excluding hydrogens is 264 g/mol. The van der Waals surface area contributed by atoms with Crippen LogP contribution in [0.1, 0.15) is 33.1 Å². The maximum atomic E-state index is 11.6. The predicted molar refractivity (Wildman–Crippen MR) is 77.1 cm³/mol. The van der Waals surface area contributed by atoms with E-state index in [1.165, 1.54) is 10.6 Å². The van der Waals surface area contributed by atoms with E-state index in [1.54, 1.807) is 0 Å². The summed E-state index contributed by atoms with van der Waals surface area (Å²) in [6.45, 7) is 5.73. The Morgan fingerprint density at radius 3 is 2.53 bits per heavy atom. The summed E-state index contributed by atoms with van der Waals surface area (Å²) in [6.07, 6.45) is 3.32. The molecule has 1 aliphatic rings. The van der Waals surface area contributed by atoms with E-state index in [-0.39, 0.29) is 11.8 Å². The second-order valence-electron chi connectivity index (χ2n) is 6.08. The van der Waals surface area contributed by atoms with Crippen LogP contribution in [-0.2, 0) is 10.0 Å². The second-order valence-corrected chi connectivity index (χ2v) is 8.06. The summed E-state index contributed by atoms with van der Waals surface area (Å²) in [6, 6.07) is 0. The molecule has 3 N–H and O–H groups in total. The average molecular weight is 292 g/mol. The number of nitrogens with two attached hydrogens (primary N) is 1. The van der Waals surface area contributed by atoms with E-state index in [2.05, 4.69) is 13.8 Å². The zero-order valence-electron chi connectivity index (χ0n) is 12.2. The molecule has 0 spiro atoms. The number of aliphatic hydroxyl groups excluding tert-OH is 1. The first-order valence-corrected chi connectivity index (χ1v) is 8.93. The summed E-state index contributed by atoms with van der Waals surface area (Å²) in [7, 11) is -3.11. The lowest BCUT2D eigenvalue weighted by atomic mass is 9.83. The summed E-state index contributed by atoms with van der Waals surface area (Å²) in [4.78, 5) is 0. The van der Waals surface area contributed by atoms with Crippen LogP contribution in [0.25, 0.3) is 0 Å². The highest BCUT2D eigenvalue weighted by Crippen LogP contribution is 2.26. The number of nitrogens with zero attached hydrogens (tertiary/aromatic N) is 1. The number of rotatable bonds is 6. The molecule has 0 aliphatic carbocycles. The van der Waals surface area contributed by atoms with Gasteiger partial charge < -0.3 is 10.8 Å². The van der Waals surface area contributed by atoms with E-state index in [9.17, 15) is 13.5 Å². The molecule has 5 nitrogen and oxygen atoms in total. The molecule has 0 amide bonds. The fraction of sp³-hybridized carbons (Fsp3) is 1.00. The Bertz CT molecular complexity index is 370. The van der Waals surface area contributed by atoms with Crippen LogP contribution in [0.15, 0.2) is 0 Å². The SMILES string of the molecule is CC(C)C(CN)C(O)CC1CCCN(S(C)(=O)=O)C1. The van der Waals surface area contributed by atoms with Gasteiger partial charge in [-0.2, -0.15) is 0 Å². The molecule has 1 heterocycles. The van der Waals surface area contributed by atoms with Gasteiger partial charge in [0.25, 0.3) is 0 Å². The number of sulfonamides is 1. The summed E-state index contributed by atoms with van der Waals surface area (Å²) in [5.41, 5.74) is 5.71. The Kier molecular flexibility index (Phi) is 6.23. The number of hydrogen-bond donors (Lipinski definition) is 2. The monoisotopic (exact) mass is 292 g/mol. The molecule has 0 aromatic carbocycles. The van der Waals surface area contributed by atoms with Crippen molar-refractivity contribution in [1.29, 1.82) is 0 Å². The van der Waals surface area contributed by atoms with Crippen molar-refractivity contribution >= 4 is 10.0 Å². The maximum Gasteiger partial charge on any atom is 0.211 e. The van der Waals surface area contributed by atoms with Crippen LogP contribution in [0.2, 0.25) is 0 Å². The smallest absolute Gasteiger partial charge is 0.211 e. The lowest BCUT2D eigenvalue weighted by Crippen LogP contribution is -2.41. The highest BCUT2D eigenvalue weighted by Gasteiger charge is 2.30. The van der Waals surface area contributed by atoms with E-state index in [4.69, 9.17) is 5.73 Å². The molecule has 1 rings (SSSR count). The summed E-state index contributed by atoms with van der Waals surface area (Å²) in [5, 5.41) is 10.3. The van der Waals surface area contributed by atoms with Crippen molar-refractivity contribution in [2.45, 2.75) is 39.2 Å². The summed E-state index contributed by atoms with van der Waals surface area (Å²) < 4.78 is 24.6. The van der Waals surface area contributed by atoms with Gasteiger partial charge in [0, 0.05) is 13.1 Å². The van der Waals surface area contributed by atoms with Crippen LogP contribution in [0.4, 0.5) is 0 Å². The fourth-order valence-corrected chi connectivity index (χ4v) is 3.85. The normalized spacial score (nSPS) is 25.5. The Morgan fingerprint density at radius 1 is 1.42 bits per heavy atom. The first-order chi connectivity index (χ1) is 8.75. The quantitative estimate of drug-likeness (QED) is 0.752. The molecule has 1 aliphatic heterocycles. The van der Waals surface area contributed by atoms with Crippen LogP contribution < -0.4 is 5.73 Å². The highest BCUT2D eigenvalue weighted by atomic mass is 32.2. The lowest BCUT2D eigenvalue weighted by Gasteiger charge is -2.34. The van der Waals surface area contributed by atoms with Crippen LogP contribution >= 0.6 is 0 Å². The number of hydrogen-bond acceptors (Lipinski definition) is 4. The van der Waals surface area contributed by atoms with Crippen molar-refractivity contribution in [2.75, 3.05) is 25.9 Å². The number of piperidine rings is 1. The molecule has 0 aromatic heterocycles. The van der Waals surface area contributed by atoms with Crippen LogP contribution in [0.5, 0.6) is 0 Å². The number of aliphatic hydroxyl groups is 1. The van der Waals surface area contributed by atoms with Crippen molar-refractivity contribution in [2.24, 2.45) is 23.5 Å². The third-order valence-electron chi connectivity index (χ3n) is 4.15. The molecule has 0 radical (unpaired) electrons. The molecule has 19 heavy (non-hydrogen) atoms. The predicted octanol–water partition coefficient (Wildman–Crippen LogP) is 0.640. The Balaban J connectivity index is 2.57. The Labute approximate surface area is 117 Å². The van der Waals surface area contributed by atoms with Gasteiger partial charge in [0.05, 0.1) is 12.4 Å². The fourth-order valence-electron chi connectivity index (χ4n) is 2.91. The van der Waals surface area contributed by atoms with Gasteiger partial charge in [-0.05, 0) is 43.6 Å². The topological polar surface area (TPSA) is 83.6 Å². The van der Waals surface area contributed by atoms with E-state index < -0.39 is 16.1 Å². The van der Waals surface area contributed by atoms with E-state index in [0.29, 0.717) is 32.0 Å². The molecule has 6 heteroatoms. The minimum atomic E-state index is -3.11. The van der Waals surface area contributed by atoms with E-state index in [0.717, 1.165) is 12.8 Å². The van der Waals surface area contributed by atoms with Gasteiger partial charge in [0.1, 0.15) is 0 Å². The molecule has 3 unspecified atom stereocenters. The van der Waals surface area contributed by atoms with Crippen molar-refractivity contribution in [1.82, 2.24) is 4.31 Å². The Morgan fingerprint density at radius 2 is 2.05 bits per heavy atom. The highest BCUT2D eigenvalue weighted by molar-refractivity contribution is 7.88. The lowest BCUT2D eigenvalue weighted by molar-refractivity contribution is 0.0537. The standard InChI is InChI=1S/C13H28N2O3S/c1-10(2)12(8-14)13(16)7-11-5-4-6-15(9-11)19(3,17)18/h10-13,16H,4-9,14H2,1-3H3. The van der Waals surface area contributed by atoms with Crippen LogP contribution in [-0.4, -0.2) is 49.8 Å². The van der Waals surface area contributed by atoms with Gasteiger partial charge in [-0.3, -0.25) is 0 Å². The largest absolute Gasteiger partial charge is 0.393 e. The third kappa shape index (κ3) is 5.02. The van der Waals surface area contributed by atoms with Gasteiger partial charge in [0.15, 0.2) is 0 Å². The Hall–Kier alpha value is -0.170. The molecule has 0 bridgehead atoms. The van der Waals surface area contributed by atoms with Gasteiger partial charge in [-0.25, -0.2) is 12.7 Å². The molecule has 3 atom stereocenters. The zero-order valence-corrected chi connectivity index (χ0v) is 13.1. The minimum Gasteiger partial charge on any atom is -0.393 e. The summed E-state index contributed by atoms with van der Waals surface area (Å²) in [5.74, 6) is 0.675. The third-order valence-corrected chi connectivity index (χ3v) is 5.42. The second kappa shape index (κ2) is 7.02. The van der Waals surface area contributed by atoms with Crippen molar-refractivity contribution in [3.63, 3.8) is 0 Å². The van der Waals surface area contributed by atoms with Gasteiger partial charge >= 0.3 is 0 Å². The van der Waals surface area contributed by atoms with Crippen LogP contribution in [0.3, 0.4) is 0 Å². The first-order valence-electron chi connectivity index (χ1n) is 7.09. The van der Waals surface area contributed by atoms with Gasteiger partial charge in [-0.15, -0.1) is 0 Å². The van der Waals surface area contributed by atoms with Crippen molar-refractivity contribution in [3.8, 4) is 0 Å². The van der Waals surface area contributed by atoms with E-state index >= 15 is 0 Å². The van der Waals surface area contributed by atoms with Crippen LogP contribution in [0, 0.1) is 17.8 Å². The van der Waals surface area contributed by atoms with Crippen molar-refractivity contribution in [3.05, 3.63) is 0 Å².